The van der Waals surface area contributed by atoms with Crippen molar-refractivity contribution in [3.8, 4) is 0 Å². The van der Waals surface area contributed by atoms with Crippen LogP contribution in [0.2, 0.25) is 0 Å². The Bertz CT molecular complexity index is 1130. The van der Waals surface area contributed by atoms with Crippen LogP contribution in [0.3, 0.4) is 0 Å². The van der Waals surface area contributed by atoms with Gasteiger partial charge in [0.15, 0.2) is 0 Å². The molecule has 4 atom stereocenters. The minimum atomic E-state index is -0.420. The van der Waals surface area contributed by atoms with E-state index in [1.807, 2.05) is 18.2 Å². The zero-order valence-electron chi connectivity index (χ0n) is 18.3. The Morgan fingerprint density at radius 2 is 1.41 bits per heavy atom. The second-order valence-electron chi connectivity index (χ2n) is 8.95. The minimum absolute atomic E-state index is 0.0491. The van der Waals surface area contributed by atoms with Crippen molar-refractivity contribution in [2.24, 2.45) is 23.7 Å². The molecule has 2 amide bonds. The van der Waals surface area contributed by atoms with Gasteiger partial charge in [-0.15, -0.1) is 0 Å². The van der Waals surface area contributed by atoms with Crippen molar-refractivity contribution < 1.29 is 19.1 Å². The average molecular weight is 428 g/mol. The van der Waals surface area contributed by atoms with Gasteiger partial charge in [-0.2, -0.15) is 0 Å². The van der Waals surface area contributed by atoms with Gasteiger partial charge in [0, 0.05) is 11.8 Å². The molecule has 0 radical (unpaired) electrons. The summed E-state index contributed by atoms with van der Waals surface area (Å²) in [6.07, 6.45) is 3.97. The molecule has 2 fully saturated rings. The van der Waals surface area contributed by atoms with Crippen LogP contribution < -0.4 is 4.90 Å². The Morgan fingerprint density at radius 3 is 1.94 bits per heavy atom. The second-order valence-corrected chi connectivity index (χ2v) is 8.95. The molecule has 2 bridgehead atoms. The molecular formula is C27H25NO4. The predicted octanol–water partition coefficient (Wildman–Crippen LogP) is 4.65. The van der Waals surface area contributed by atoms with Crippen molar-refractivity contribution in [3.63, 3.8) is 0 Å². The van der Waals surface area contributed by atoms with Gasteiger partial charge in [0.2, 0.25) is 11.8 Å². The number of ether oxygens (including phenoxy) is 1. The summed E-state index contributed by atoms with van der Waals surface area (Å²) in [6, 6.07) is 16.6. The molecule has 2 aromatic rings. The molecule has 5 nitrogen and oxygen atoms in total. The number of nitrogens with zero attached hydrogens (tertiary/aromatic N) is 1. The molecular weight excluding hydrogens is 402 g/mol. The van der Waals surface area contributed by atoms with Crippen LogP contribution in [0.15, 0.2) is 72.3 Å². The molecule has 1 aliphatic heterocycles. The number of allylic oxidation sites excluding steroid dienone is 4. The van der Waals surface area contributed by atoms with Gasteiger partial charge in [0.05, 0.1) is 29.2 Å². The zero-order valence-corrected chi connectivity index (χ0v) is 18.3. The highest BCUT2D eigenvalue weighted by atomic mass is 16.5. The van der Waals surface area contributed by atoms with E-state index in [2.05, 4.69) is 31.2 Å². The molecule has 0 unspecified atom stereocenters. The third-order valence-corrected chi connectivity index (χ3v) is 6.76. The normalized spacial score (nSPS) is 25.6. The lowest BCUT2D eigenvalue weighted by Gasteiger charge is -2.20. The van der Waals surface area contributed by atoms with E-state index in [0.717, 1.165) is 11.1 Å². The van der Waals surface area contributed by atoms with Crippen LogP contribution in [-0.2, 0) is 14.3 Å². The predicted molar refractivity (Wildman–Crippen MR) is 122 cm³/mol. The van der Waals surface area contributed by atoms with Gasteiger partial charge in [0.1, 0.15) is 0 Å². The van der Waals surface area contributed by atoms with E-state index in [-0.39, 0.29) is 41.6 Å². The Kier molecular flexibility index (Phi) is 4.85. The standard InChI is InChI=1S/C27H25NO4/c1-15(2)32-27(31)18-9-11-19(12-10-18)28-25(29)23-20-13-14-21(24(23)26(28)30)22(20)16(3)17-7-5-4-6-8-17/h4-15,20-21,23-24H,1-3H3/t20-,21-,23+,24+/m1/s1. The average Bonchev–Trinajstić information content (AvgIpc) is 3.43. The summed E-state index contributed by atoms with van der Waals surface area (Å²) in [6.45, 7) is 5.66. The van der Waals surface area contributed by atoms with Crippen molar-refractivity contribution in [2.45, 2.75) is 26.9 Å². The van der Waals surface area contributed by atoms with Crippen molar-refractivity contribution in [3.05, 3.63) is 83.4 Å². The lowest BCUT2D eigenvalue weighted by atomic mass is 9.85. The molecule has 1 saturated carbocycles. The van der Waals surface area contributed by atoms with Gasteiger partial charge in [-0.05, 0) is 56.2 Å². The molecule has 5 rings (SSSR count). The molecule has 1 heterocycles. The highest BCUT2D eigenvalue weighted by Crippen LogP contribution is 2.58. The molecule has 162 valence electrons. The molecule has 2 aliphatic carbocycles. The maximum absolute atomic E-state index is 13.4. The van der Waals surface area contributed by atoms with E-state index in [1.165, 1.54) is 10.5 Å². The van der Waals surface area contributed by atoms with Gasteiger partial charge in [-0.3, -0.25) is 9.59 Å². The Balaban J connectivity index is 1.43. The van der Waals surface area contributed by atoms with E-state index in [0.29, 0.717) is 11.3 Å². The summed E-state index contributed by atoms with van der Waals surface area (Å²) in [5.41, 5.74) is 4.37. The number of fused-ring (bicyclic) bond motifs is 5. The first-order chi connectivity index (χ1) is 15.4. The molecule has 32 heavy (non-hydrogen) atoms. The zero-order chi connectivity index (χ0) is 22.6. The second kappa shape index (κ2) is 7.59. The first-order valence-corrected chi connectivity index (χ1v) is 11.0. The highest BCUT2D eigenvalue weighted by molar-refractivity contribution is 6.23. The van der Waals surface area contributed by atoms with Crippen LogP contribution in [0.5, 0.6) is 0 Å². The van der Waals surface area contributed by atoms with Gasteiger partial charge in [-0.25, -0.2) is 9.69 Å². The Morgan fingerprint density at radius 1 is 0.844 bits per heavy atom. The van der Waals surface area contributed by atoms with Gasteiger partial charge in [-0.1, -0.05) is 48.1 Å². The van der Waals surface area contributed by atoms with E-state index >= 15 is 0 Å². The first kappa shape index (κ1) is 20.4. The maximum Gasteiger partial charge on any atom is 0.338 e. The van der Waals surface area contributed by atoms with E-state index in [9.17, 15) is 14.4 Å². The Hall–Kier alpha value is -3.47. The Labute approximate surface area is 187 Å². The number of hydrogen-bond donors (Lipinski definition) is 0. The number of anilines is 1. The summed E-state index contributed by atoms with van der Waals surface area (Å²) < 4.78 is 5.21. The highest BCUT2D eigenvalue weighted by Gasteiger charge is 2.62. The topological polar surface area (TPSA) is 63.7 Å². The monoisotopic (exact) mass is 427 g/mol. The van der Waals surface area contributed by atoms with Crippen LogP contribution in [0.25, 0.3) is 5.57 Å². The van der Waals surface area contributed by atoms with E-state index < -0.39 is 5.97 Å². The fourth-order valence-corrected chi connectivity index (χ4v) is 5.40. The summed E-state index contributed by atoms with van der Waals surface area (Å²) in [5.74, 6) is -1.57. The maximum atomic E-state index is 13.4. The molecule has 2 aromatic carbocycles. The third-order valence-electron chi connectivity index (χ3n) is 6.76. The SMILES string of the molecule is CC(=C1[C@H]2C=C[C@H]1[C@@H]1C(=O)N(c3ccc(C(=O)OC(C)C)cc3)C(=O)[C@H]12)c1ccccc1. The summed E-state index contributed by atoms with van der Waals surface area (Å²) >= 11 is 0. The van der Waals surface area contributed by atoms with Gasteiger partial charge >= 0.3 is 5.97 Å². The van der Waals surface area contributed by atoms with Gasteiger partial charge < -0.3 is 4.74 Å². The number of hydrogen-bond acceptors (Lipinski definition) is 4. The van der Waals surface area contributed by atoms with Crippen molar-refractivity contribution in [2.75, 3.05) is 4.90 Å². The fourth-order valence-electron chi connectivity index (χ4n) is 5.40. The molecule has 5 heteroatoms. The largest absolute Gasteiger partial charge is 0.459 e. The van der Waals surface area contributed by atoms with E-state index in [1.54, 1.807) is 38.1 Å². The van der Waals surface area contributed by atoms with Crippen molar-refractivity contribution >= 4 is 29.0 Å². The number of esters is 1. The van der Waals surface area contributed by atoms with Crippen LogP contribution in [0.1, 0.15) is 36.7 Å². The first-order valence-electron chi connectivity index (χ1n) is 11.0. The number of carbonyl (C=O) groups excluding carboxylic acids is 3. The van der Waals surface area contributed by atoms with Crippen molar-refractivity contribution in [1.29, 1.82) is 0 Å². The molecule has 0 N–H and O–H groups in total. The quantitative estimate of drug-likeness (QED) is 0.405. The van der Waals surface area contributed by atoms with Crippen LogP contribution >= 0.6 is 0 Å². The smallest absolute Gasteiger partial charge is 0.338 e. The lowest BCUT2D eigenvalue weighted by Crippen LogP contribution is -2.33. The summed E-state index contributed by atoms with van der Waals surface area (Å²) in [5, 5.41) is 0. The van der Waals surface area contributed by atoms with Crippen LogP contribution in [0, 0.1) is 23.7 Å². The fraction of sp³-hybridized carbons (Fsp3) is 0.296. The number of benzene rings is 2. The van der Waals surface area contributed by atoms with Crippen LogP contribution in [0.4, 0.5) is 5.69 Å². The molecule has 0 spiro atoms. The third kappa shape index (κ3) is 3.03. The molecule has 0 aromatic heterocycles. The van der Waals surface area contributed by atoms with Gasteiger partial charge in [0.25, 0.3) is 0 Å². The summed E-state index contributed by atoms with van der Waals surface area (Å²) in [7, 11) is 0. The minimum Gasteiger partial charge on any atom is -0.459 e. The molecule has 1 saturated heterocycles. The lowest BCUT2D eigenvalue weighted by molar-refractivity contribution is -0.122. The van der Waals surface area contributed by atoms with E-state index in [4.69, 9.17) is 4.74 Å². The van der Waals surface area contributed by atoms with Crippen molar-refractivity contribution in [1.82, 2.24) is 0 Å². The summed E-state index contributed by atoms with van der Waals surface area (Å²) in [4.78, 5) is 40.2. The number of amides is 2. The van der Waals surface area contributed by atoms with Crippen LogP contribution in [-0.4, -0.2) is 23.9 Å². The number of carbonyl (C=O) groups is 3. The molecule has 3 aliphatic rings. The number of imide groups is 1. The number of rotatable bonds is 4.